The zero-order chi connectivity index (χ0) is 13.8. The maximum absolute atomic E-state index is 11.9. The lowest BCUT2D eigenvalue weighted by Crippen LogP contribution is -2.43. The number of amides is 2. The summed E-state index contributed by atoms with van der Waals surface area (Å²) in [6, 6.07) is 7.06. The molecule has 6 nitrogen and oxygen atoms in total. The number of fused-ring (bicyclic) bond motifs is 1. The zero-order valence-corrected chi connectivity index (χ0v) is 10.5. The van der Waals surface area contributed by atoms with Crippen molar-refractivity contribution in [1.82, 2.24) is 5.32 Å². The van der Waals surface area contributed by atoms with Gasteiger partial charge in [-0.05, 0) is 24.7 Å². The summed E-state index contributed by atoms with van der Waals surface area (Å²) in [4.78, 5) is 24.7. The number of rotatable bonds is 3. The Bertz CT molecular complexity index is 563. The Morgan fingerprint density at radius 3 is 3.05 bits per heavy atom. The van der Waals surface area contributed by atoms with E-state index in [-0.39, 0.29) is 13.0 Å². The van der Waals surface area contributed by atoms with E-state index in [4.69, 9.17) is 10.00 Å². The number of nitrogens with zero attached hydrogens (tertiary/aromatic N) is 2. The van der Waals surface area contributed by atoms with Gasteiger partial charge in [0.1, 0.15) is 12.2 Å². The number of nitrogens with one attached hydrogen (secondary N) is 1. The van der Waals surface area contributed by atoms with Crippen LogP contribution in [0.1, 0.15) is 12.0 Å². The van der Waals surface area contributed by atoms with Crippen LogP contribution in [0.25, 0.3) is 0 Å². The fourth-order valence-electron chi connectivity index (χ4n) is 1.93. The van der Waals surface area contributed by atoms with E-state index in [2.05, 4.69) is 5.32 Å². The summed E-state index contributed by atoms with van der Waals surface area (Å²) >= 11 is 0. The van der Waals surface area contributed by atoms with Gasteiger partial charge in [0.05, 0.1) is 11.8 Å². The largest absolute Gasteiger partial charge is 0.482 e. The molecule has 1 aromatic rings. The molecule has 0 spiro atoms. The van der Waals surface area contributed by atoms with E-state index in [9.17, 15) is 9.59 Å². The van der Waals surface area contributed by atoms with Gasteiger partial charge >= 0.3 is 0 Å². The molecule has 0 atom stereocenters. The molecule has 0 saturated heterocycles. The molecule has 2 rings (SSSR count). The van der Waals surface area contributed by atoms with Crippen LogP contribution in [0.3, 0.4) is 0 Å². The minimum absolute atomic E-state index is 0.185. The van der Waals surface area contributed by atoms with Gasteiger partial charge in [-0.3, -0.25) is 9.59 Å². The van der Waals surface area contributed by atoms with Crippen molar-refractivity contribution in [1.29, 1.82) is 5.26 Å². The number of carbonyl (C=O) groups is 2. The molecular weight excluding hydrogens is 246 g/mol. The van der Waals surface area contributed by atoms with Crippen molar-refractivity contribution in [3.05, 3.63) is 23.8 Å². The standard InChI is InChI=1S/C13H13N3O3/c1-15-7-9-2-3-11-10(6-9)16(12(17)4-5-14)13(18)8-19-11/h2-3,6,15H,4,7-8H2,1H3. The van der Waals surface area contributed by atoms with Crippen LogP contribution in [0, 0.1) is 11.3 Å². The van der Waals surface area contributed by atoms with Crippen LogP contribution in [0.5, 0.6) is 5.75 Å². The molecule has 1 aromatic carbocycles. The second kappa shape index (κ2) is 5.50. The number of hydrogen-bond acceptors (Lipinski definition) is 5. The van der Waals surface area contributed by atoms with Crippen LogP contribution in [0.15, 0.2) is 18.2 Å². The molecule has 0 aromatic heterocycles. The molecule has 0 radical (unpaired) electrons. The normalized spacial score (nSPS) is 13.5. The van der Waals surface area contributed by atoms with E-state index in [0.29, 0.717) is 18.0 Å². The summed E-state index contributed by atoms with van der Waals surface area (Å²) in [6.07, 6.45) is -0.332. The molecule has 19 heavy (non-hydrogen) atoms. The van der Waals surface area contributed by atoms with E-state index in [1.807, 2.05) is 6.07 Å². The lowest BCUT2D eigenvalue weighted by atomic mass is 10.1. The second-order valence-corrected chi connectivity index (χ2v) is 4.08. The topological polar surface area (TPSA) is 82.4 Å². The molecule has 1 aliphatic heterocycles. The monoisotopic (exact) mass is 259 g/mol. The van der Waals surface area contributed by atoms with E-state index in [1.54, 1.807) is 25.2 Å². The van der Waals surface area contributed by atoms with E-state index in [0.717, 1.165) is 10.5 Å². The van der Waals surface area contributed by atoms with E-state index in [1.165, 1.54) is 0 Å². The van der Waals surface area contributed by atoms with Gasteiger partial charge < -0.3 is 10.1 Å². The number of anilines is 1. The van der Waals surface area contributed by atoms with E-state index >= 15 is 0 Å². The van der Waals surface area contributed by atoms with Gasteiger partial charge in [0, 0.05) is 6.54 Å². The third-order valence-corrected chi connectivity index (χ3v) is 2.73. The first-order chi connectivity index (χ1) is 9.17. The Morgan fingerprint density at radius 2 is 2.37 bits per heavy atom. The lowest BCUT2D eigenvalue weighted by molar-refractivity contribution is -0.128. The molecule has 0 fully saturated rings. The Labute approximate surface area is 110 Å². The summed E-state index contributed by atoms with van der Waals surface area (Å²) in [5.74, 6) is -0.501. The van der Waals surface area contributed by atoms with Crippen molar-refractivity contribution in [3.8, 4) is 11.8 Å². The van der Waals surface area contributed by atoms with Gasteiger partial charge in [-0.25, -0.2) is 4.90 Å². The molecule has 6 heteroatoms. The minimum atomic E-state index is -0.529. The van der Waals surface area contributed by atoms with Crippen LogP contribution in [-0.2, 0) is 16.1 Å². The summed E-state index contributed by atoms with van der Waals surface area (Å²) < 4.78 is 5.28. The van der Waals surface area contributed by atoms with Crippen molar-refractivity contribution in [2.45, 2.75) is 13.0 Å². The fraction of sp³-hybridized carbons (Fsp3) is 0.308. The highest BCUT2D eigenvalue weighted by Gasteiger charge is 2.30. The van der Waals surface area contributed by atoms with Gasteiger partial charge in [-0.1, -0.05) is 6.07 Å². The highest BCUT2D eigenvalue weighted by molar-refractivity contribution is 6.17. The molecule has 2 amide bonds. The van der Waals surface area contributed by atoms with Crippen LogP contribution in [0.4, 0.5) is 5.69 Å². The molecule has 1 heterocycles. The van der Waals surface area contributed by atoms with Crippen molar-refractivity contribution in [2.24, 2.45) is 0 Å². The quantitative estimate of drug-likeness (QED) is 0.858. The number of benzene rings is 1. The third-order valence-electron chi connectivity index (χ3n) is 2.73. The first-order valence-corrected chi connectivity index (χ1v) is 5.80. The Hall–Kier alpha value is -2.39. The fourth-order valence-corrected chi connectivity index (χ4v) is 1.93. The predicted molar refractivity (Wildman–Crippen MR) is 67.4 cm³/mol. The molecular formula is C13H13N3O3. The summed E-state index contributed by atoms with van der Waals surface area (Å²) in [6.45, 7) is 0.428. The summed E-state index contributed by atoms with van der Waals surface area (Å²) in [5, 5.41) is 11.6. The van der Waals surface area contributed by atoms with Crippen LogP contribution in [0.2, 0.25) is 0 Å². The number of imide groups is 1. The van der Waals surface area contributed by atoms with Gasteiger partial charge in [-0.15, -0.1) is 0 Å². The van der Waals surface area contributed by atoms with Crippen LogP contribution < -0.4 is 15.0 Å². The van der Waals surface area contributed by atoms with Gasteiger partial charge in [0.2, 0.25) is 5.91 Å². The molecule has 0 saturated carbocycles. The number of ether oxygens (including phenoxy) is 1. The number of hydrogen-bond donors (Lipinski definition) is 1. The first kappa shape index (κ1) is 13.1. The maximum Gasteiger partial charge on any atom is 0.271 e. The average Bonchev–Trinajstić information content (AvgIpc) is 2.39. The molecule has 1 aliphatic rings. The van der Waals surface area contributed by atoms with Crippen molar-refractivity contribution >= 4 is 17.5 Å². The van der Waals surface area contributed by atoms with Crippen LogP contribution in [-0.4, -0.2) is 25.5 Å². The van der Waals surface area contributed by atoms with Gasteiger partial charge in [0.15, 0.2) is 6.61 Å². The van der Waals surface area contributed by atoms with Crippen LogP contribution >= 0.6 is 0 Å². The Kier molecular flexibility index (Phi) is 3.78. The Balaban J connectivity index is 2.41. The number of nitriles is 1. The Morgan fingerprint density at radius 1 is 1.58 bits per heavy atom. The average molecular weight is 259 g/mol. The maximum atomic E-state index is 11.9. The van der Waals surface area contributed by atoms with E-state index < -0.39 is 11.8 Å². The zero-order valence-electron chi connectivity index (χ0n) is 10.5. The molecule has 0 unspecified atom stereocenters. The first-order valence-electron chi connectivity index (χ1n) is 5.80. The number of carbonyl (C=O) groups excluding carboxylic acids is 2. The molecule has 0 bridgehead atoms. The molecule has 0 aliphatic carbocycles. The van der Waals surface area contributed by atoms with Crippen molar-refractivity contribution < 1.29 is 14.3 Å². The molecule has 1 N–H and O–H groups in total. The third kappa shape index (κ3) is 2.56. The lowest BCUT2D eigenvalue weighted by Gasteiger charge is -2.27. The summed E-state index contributed by atoms with van der Waals surface area (Å²) in [7, 11) is 1.81. The highest BCUT2D eigenvalue weighted by Crippen LogP contribution is 2.33. The molecule has 98 valence electrons. The van der Waals surface area contributed by atoms with Gasteiger partial charge in [-0.2, -0.15) is 5.26 Å². The minimum Gasteiger partial charge on any atom is -0.482 e. The van der Waals surface area contributed by atoms with Gasteiger partial charge in [0.25, 0.3) is 5.91 Å². The summed E-state index contributed by atoms with van der Waals surface area (Å²) in [5.41, 5.74) is 1.33. The second-order valence-electron chi connectivity index (χ2n) is 4.08. The van der Waals surface area contributed by atoms with Crippen molar-refractivity contribution in [2.75, 3.05) is 18.6 Å². The SMILES string of the molecule is CNCc1ccc2c(c1)N(C(=O)CC#N)C(=O)CO2. The predicted octanol–water partition coefficient (Wildman–Crippen LogP) is 0.572. The highest BCUT2D eigenvalue weighted by atomic mass is 16.5. The smallest absolute Gasteiger partial charge is 0.271 e. The van der Waals surface area contributed by atoms with Crippen molar-refractivity contribution in [3.63, 3.8) is 0 Å².